The van der Waals surface area contributed by atoms with Crippen LogP contribution in [-0.2, 0) is 9.59 Å². The molecular weight excluding hydrogens is 442 g/mol. The molecule has 3 aromatic carbocycles. The predicted octanol–water partition coefficient (Wildman–Crippen LogP) is 3.97. The molecule has 7 heteroatoms. The number of nitrogens with zero attached hydrogens (tertiary/aromatic N) is 1. The van der Waals surface area contributed by atoms with Crippen molar-refractivity contribution in [3.05, 3.63) is 84.4 Å². The first kappa shape index (κ1) is 24.0. The van der Waals surface area contributed by atoms with Crippen molar-refractivity contribution in [3.8, 4) is 16.9 Å². The lowest BCUT2D eigenvalue weighted by atomic mass is 9.95. The monoisotopic (exact) mass is 471 g/mol. The van der Waals surface area contributed by atoms with Crippen molar-refractivity contribution in [1.82, 2.24) is 10.2 Å². The third-order valence-electron chi connectivity index (χ3n) is 6.24. The van der Waals surface area contributed by atoms with Crippen molar-refractivity contribution in [2.24, 2.45) is 5.92 Å². The highest BCUT2D eigenvalue weighted by Crippen LogP contribution is 2.26. The summed E-state index contributed by atoms with van der Waals surface area (Å²) in [5.41, 5.74) is 3.24. The first-order valence-corrected chi connectivity index (χ1v) is 11.7. The van der Waals surface area contributed by atoms with Crippen molar-refractivity contribution in [1.29, 1.82) is 0 Å². The highest BCUT2D eigenvalue weighted by Gasteiger charge is 2.28. The lowest BCUT2D eigenvalue weighted by Crippen LogP contribution is -2.45. The highest BCUT2D eigenvalue weighted by molar-refractivity contribution is 5.97. The Hall–Kier alpha value is -4.13. The number of hydrogen-bond donors (Lipinski definition) is 2. The van der Waals surface area contributed by atoms with Crippen LogP contribution in [0.4, 0.5) is 5.69 Å². The molecule has 1 fully saturated rings. The van der Waals surface area contributed by atoms with Gasteiger partial charge in [-0.25, -0.2) is 0 Å². The van der Waals surface area contributed by atoms with Gasteiger partial charge in [0.25, 0.3) is 5.91 Å². The Labute approximate surface area is 205 Å². The van der Waals surface area contributed by atoms with Gasteiger partial charge < -0.3 is 20.3 Å². The van der Waals surface area contributed by atoms with Crippen LogP contribution in [0.1, 0.15) is 23.2 Å². The zero-order valence-corrected chi connectivity index (χ0v) is 19.7. The third-order valence-corrected chi connectivity index (χ3v) is 6.24. The number of anilines is 1. The van der Waals surface area contributed by atoms with Gasteiger partial charge in [-0.1, -0.05) is 54.6 Å². The van der Waals surface area contributed by atoms with Gasteiger partial charge in [-0.15, -0.1) is 0 Å². The lowest BCUT2D eigenvalue weighted by Gasteiger charge is -2.31. The second-order valence-electron chi connectivity index (χ2n) is 8.47. The number of rotatable bonds is 7. The molecule has 0 bridgehead atoms. The Morgan fingerprint density at radius 2 is 1.49 bits per heavy atom. The Morgan fingerprint density at radius 1 is 0.857 bits per heavy atom. The van der Waals surface area contributed by atoms with Gasteiger partial charge in [-0.2, -0.15) is 0 Å². The van der Waals surface area contributed by atoms with Crippen molar-refractivity contribution in [2.45, 2.75) is 12.8 Å². The van der Waals surface area contributed by atoms with Crippen LogP contribution < -0.4 is 15.4 Å². The summed E-state index contributed by atoms with van der Waals surface area (Å²) in [6, 6.07) is 24.5. The van der Waals surface area contributed by atoms with Crippen LogP contribution in [-0.4, -0.2) is 49.4 Å². The molecule has 1 aliphatic rings. The van der Waals surface area contributed by atoms with E-state index in [9.17, 15) is 14.4 Å². The van der Waals surface area contributed by atoms with Gasteiger partial charge in [0, 0.05) is 24.6 Å². The highest BCUT2D eigenvalue weighted by atomic mass is 16.5. The van der Waals surface area contributed by atoms with E-state index in [-0.39, 0.29) is 30.2 Å². The van der Waals surface area contributed by atoms with Crippen molar-refractivity contribution >= 4 is 23.4 Å². The summed E-state index contributed by atoms with van der Waals surface area (Å²) in [6.45, 7) is 0.881. The summed E-state index contributed by atoms with van der Waals surface area (Å²) in [5.74, 6) is -0.0821. The molecular formula is C28H29N3O4. The standard InChI is InChI=1S/C28H29N3O4/c1-35-25-10-6-5-9-24(25)30-28(34)23-15-17-31(18-16-23)26(32)19-29-27(33)22-13-11-21(12-14-22)20-7-3-2-4-8-20/h2-14,23H,15-19H2,1H3,(H,29,33)(H,30,34). The molecule has 35 heavy (non-hydrogen) atoms. The second kappa shape index (κ2) is 11.3. The molecule has 0 spiro atoms. The summed E-state index contributed by atoms with van der Waals surface area (Å²) in [6.07, 6.45) is 1.14. The Kier molecular flexibility index (Phi) is 7.77. The van der Waals surface area contributed by atoms with E-state index >= 15 is 0 Å². The number of para-hydroxylation sites is 2. The summed E-state index contributed by atoms with van der Waals surface area (Å²) in [4.78, 5) is 39.5. The van der Waals surface area contributed by atoms with E-state index in [1.54, 1.807) is 36.3 Å². The van der Waals surface area contributed by atoms with Crippen molar-refractivity contribution in [3.63, 3.8) is 0 Å². The van der Waals surface area contributed by atoms with Crippen LogP contribution in [0.25, 0.3) is 11.1 Å². The normalized spacial score (nSPS) is 13.7. The van der Waals surface area contributed by atoms with Crippen molar-refractivity contribution in [2.75, 3.05) is 32.1 Å². The fourth-order valence-electron chi connectivity index (χ4n) is 4.19. The van der Waals surface area contributed by atoms with Crippen LogP contribution in [0.15, 0.2) is 78.9 Å². The van der Waals surface area contributed by atoms with Gasteiger partial charge >= 0.3 is 0 Å². The molecule has 0 unspecified atom stereocenters. The number of nitrogens with one attached hydrogen (secondary N) is 2. The molecule has 1 aliphatic heterocycles. The molecule has 0 aromatic heterocycles. The summed E-state index contributed by atoms with van der Waals surface area (Å²) in [5, 5.41) is 5.63. The van der Waals surface area contributed by atoms with E-state index in [2.05, 4.69) is 10.6 Å². The van der Waals surface area contributed by atoms with E-state index in [1.807, 2.05) is 54.6 Å². The fraction of sp³-hybridized carbons (Fsp3) is 0.250. The van der Waals surface area contributed by atoms with Gasteiger partial charge in [0.15, 0.2) is 0 Å². The number of amides is 3. The van der Waals surface area contributed by atoms with Gasteiger partial charge in [0.2, 0.25) is 11.8 Å². The number of hydrogen-bond acceptors (Lipinski definition) is 4. The van der Waals surface area contributed by atoms with E-state index in [0.29, 0.717) is 42.9 Å². The first-order chi connectivity index (χ1) is 17.0. The predicted molar refractivity (Wildman–Crippen MR) is 135 cm³/mol. The van der Waals surface area contributed by atoms with E-state index < -0.39 is 0 Å². The van der Waals surface area contributed by atoms with Gasteiger partial charge in [-0.3, -0.25) is 14.4 Å². The fourth-order valence-corrected chi connectivity index (χ4v) is 4.19. The Bertz CT molecular complexity index is 1170. The molecule has 0 aliphatic carbocycles. The van der Waals surface area contributed by atoms with Gasteiger partial charge in [-0.05, 0) is 48.2 Å². The van der Waals surface area contributed by atoms with Gasteiger partial charge in [0.05, 0.1) is 19.3 Å². The average molecular weight is 472 g/mol. The summed E-state index contributed by atoms with van der Waals surface area (Å²) < 4.78 is 5.28. The van der Waals surface area contributed by atoms with Gasteiger partial charge in [0.1, 0.15) is 5.75 Å². The molecule has 0 saturated carbocycles. The number of carbonyl (C=O) groups is 3. The molecule has 3 aromatic rings. The Balaban J connectivity index is 1.23. The van der Waals surface area contributed by atoms with Crippen molar-refractivity contribution < 1.29 is 19.1 Å². The minimum atomic E-state index is -0.288. The molecule has 0 radical (unpaired) electrons. The second-order valence-corrected chi connectivity index (χ2v) is 8.47. The first-order valence-electron chi connectivity index (χ1n) is 11.7. The summed E-state index contributed by atoms with van der Waals surface area (Å²) >= 11 is 0. The largest absolute Gasteiger partial charge is 0.495 e. The Morgan fingerprint density at radius 3 is 2.17 bits per heavy atom. The quantitative estimate of drug-likeness (QED) is 0.546. The molecule has 1 saturated heterocycles. The maximum absolute atomic E-state index is 12.7. The molecule has 3 amide bonds. The number of piperidine rings is 1. The molecule has 1 heterocycles. The topological polar surface area (TPSA) is 87.7 Å². The van der Waals surface area contributed by atoms with E-state index in [0.717, 1.165) is 11.1 Å². The maximum atomic E-state index is 12.7. The molecule has 2 N–H and O–H groups in total. The number of carbonyl (C=O) groups excluding carboxylic acids is 3. The van der Waals surface area contributed by atoms with Crippen LogP contribution in [0, 0.1) is 5.92 Å². The lowest BCUT2D eigenvalue weighted by molar-refractivity contribution is -0.133. The molecule has 7 nitrogen and oxygen atoms in total. The minimum Gasteiger partial charge on any atom is -0.495 e. The zero-order chi connectivity index (χ0) is 24.6. The molecule has 0 atom stereocenters. The third kappa shape index (κ3) is 6.06. The van der Waals surface area contributed by atoms with Crippen LogP contribution in [0.5, 0.6) is 5.75 Å². The zero-order valence-electron chi connectivity index (χ0n) is 19.7. The van der Waals surface area contributed by atoms with Crippen LogP contribution in [0.3, 0.4) is 0 Å². The van der Waals surface area contributed by atoms with Crippen LogP contribution >= 0.6 is 0 Å². The minimum absolute atomic E-state index is 0.0721. The number of ether oxygens (including phenoxy) is 1. The number of likely N-dealkylation sites (tertiary alicyclic amines) is 1. The number of benzene rings is 3. The smallest absolute Gasteiger partial charge is 0.251 e. The molecule has 4 rings (SSSR count). The molecule has 180 valence electrons. The van der Waals surface area contributed by atoms with Crippen LogP contribution in [0.2, 0.25) is 0 Å². The average Bonchev–Trinajstić information content (AvgIpc) is 2.92. The SMILES string of the molecule is COc1ccccc1NC(=O)C1CCN(C(=O)CNC(=O)c2ccc(-c3ccccc3)cc2)CC1. The van der Waals surface area contributed by atoms with E-state index in [1.165, 1.54) is 0 Å². The van der Waals surface area contributed by atoms with E-state index in [4.69, 9.17) is 4.74 Å². The maximum Gasteiger partial charge on any atom is 0.251 e. The number of methoxy groups -OCH3 is 1. The summed E-state index contributed by atoms with van der Waals surface area (Å²) in [7, 11) is 1.56.